The van der Waals surface area contributed by atoms with E-state index in [4.69, 9.17) is 10.2 Å². The van der Waals surface area contributed by atoms with Crippen molar-refractivity contribution in [1.82, 2.24) is 0 Å². The van der Waals surface area contributed by atoms with Crippen molar-refractivity contribution in [3.8, 4) is 0 Å². The van der Waals surface area contributed by atoms with Crippen molar-refractivity contribution in [2.45, 2.75) is 27.7 Å². The standard InChI is InChI=1S/2C5H8O2.2CH4O.Co/c2*1-4(6)3-5(2)7;2*1-2;/h2*3,6H,1-2H3;2*2H,1H3;/q;;;;+2/p-2/b2*4-3-;;;. The summed E-state index contributed by atoms with van der Waals surface area (Å²) in [5.41, 5.74) is 0. The van der Waals surface area contributed by atoms with Crippen molar-refractivity contribution in [3.63, 3.8) is 0 Å². The van der Waals surface area contributed by atoms with Crippen LogP contribution in [0.3, 0.4) is 0 Å². The summed E-state index contributed by atoms with van der Waals surface area (Å²) in [6.45, 7) is 5.39. The van der Waals surface area contributed by atoms with Crippen LogP contribution in [-0.4, -0.2) is 36.0 Å². The Labute approximate surface area is 124 Å². The molecular weight excluding hydrogens is 299 g/mol. The van der Waals surface area contributed by atoms with Crippen LogP contribution in [0.1, 0.15) is 27.7 Å². The second-order valence-electron chi connectivity index (χ2n) is 2.73. The van der Waals surface area contributed by atoms with E-state index >= 15 is 0 Å². The molecule has 0 aromatic carbocycles. The largest absolute Gasteiger partial charge is 2.00 e. The van der Waals surface area contributed by atoms with Gasteiger partial charge in [-0.2, -0.15) is 0 Å². The summed E-state index contributed by atoms with van der Waals surface area (Å²) in [6, 6.07) is 0. The summed E-state index contributed by atoms with van der Waals surface area (Å²) in [5.74, 6) is -0.750. The number of rotatable bonds is 2. The minimum absolute atomic E-state index is 0. The molecule has 0 rings (SSSR count). The van der Waals surface area contributed by atoms with Gasteiger partial charge in [0, 0.05) is 14.2 Å². The molecule has 0 aliphatic heterocycles. The van der Waals surface area contributed by atoms with Crippen LogP contribution < -0.4 is 10.2 Å². The maximum atomic E-state index is 9.98. The first-order valence-corrected chi connectivity index (χ1v) is 4.87. The Bertz CT molecular complexity index is 235. The fourth-order valence-electron chi connectivity index (χ4n) is 0.572. The fraction of sp³-hybridized carbons (Fsp3) is 0.500. The molecule has 0 saturated carbocycles. The van der Waals surface area contributed by atoms with Crippen LogP contribution >= 0.6 is 0 Å². The van der Waals surface area contributed by atoms with Crippen molar-refractivity contribution < 1.29 is 46.8 Å². The van der Waals surface area contributed by atoms with Crippen LogP contribution in [0.2, 0.25) is 0 Å². The number of hydrogen-bond donors (Lipinski definition) is 2. The zero-order chi connectivity index (χ0) is 15.7. The Hall–Kier alpha value is -1.15. The summed E-state index contributed by atoms with van der Waals surface area (Å²) < 4.78 is 0. The van der Waals surface area contributed by atoms with E-state index in [0.717, 1.165) is 26.4 Å². The molecule has 0 fully saturated rings. The average molecular weight is 321 g/mol. The second-order valence-corrected chi connectivity index (χ2v) is 2.73. The third kappa shape index (κ3) is 79.2. The number of aliphatic hydroxyl groups is 2. The molecule has 6 nitrogen and oxygen atoms in total. The third-order valence-corrected chi connectivity index (χ3v) is 0.813. The number of aliphatic hydroxyl groups excluding tert-OH is 2. The normalized spacial score (nSPS) is 9.05. The molecule has 0 aliphatic rings. The first-order valence-electron chi connectivity index (χ1n) is 4.87. The molecule has 2 N–H and O–H groups in total. The molecule has 7 heteroatoms. The van der Waals surface area contributed by atoms with Gasteiger partial charge in [0.2, 0.25) is 0 Å². The van der Waals surface area contributed by atoms with Gasteiger partial charge in [-0.1, -0.05) is 13.8 Å². The molecule has 0 spiro atoms. The summed E-state index contributed by atoms with van der Waals surface area (Å²) >= 11 is 0. The van der Waals surface area contributed by atoms with Crippen LogP contribution in [0.25, 0.3) is 0 Å². The van der Waals surface area contributed by atoms with E-state index in [0.29, 0.717) is 0 Å². The summed E-state index contributed by atoms with van der Waals surface area (Å²) in [7, 11) is 2.00. The SMILES string of the molecule is CC(=O)/C=C(/C)[O-].CC(=O)/C=C(/C)[O-].CO.CO.[Co+2]. The van der Waals surface area contributed by atoms with Crippen LogP contribution in [0, 0.1) is 0 Å². The van der Waals surface area contributed by atoms with E-state index in [2.05, 4.69) is 0 Å². The Morgan fingerprint density at radius 3 is 0.895 bits per heavy atom. The molecule has 0 bridgehead atoms. The smallest absolute Gasteiger partial charge is 0.876 e. The molecule has 19 heavy (non-hydrogen) atoms. The fourth-order valence-corrected chi connectivity index (χ4v) is 0.572. The van der Waals surface area contributed by atoms with E-state index in [-0.39, 0.29) is 39.9 Å². The van der Waals surface area contributed by atoms with Gasteiger partial charge in [0.25, 0.3) is 0 Å². The Kier molecular flexibility index (Phi) is 41.4. The second kappa shape index (κ2) is 25.6. The zero-order valence-electron chi connectivity index (χ0n) is 12.0. The van der Waals surface area contributed by atoms with Gasteiger partial charge in [-0.25, -0.2) is 0 Å². The van der Waals surface area contributed by atoms with Gasteiger partial charge in [-0.05, 0) is 26.0 Å². The van der Waals surface area contributed by atoms with Gasteiger partial charge in [0.05, 0.1) is 0 Å². The van der Waals surface area contributed by atoms with E-state index in [1.165, 1.54) is 27.7 Å². The van der Waals surface area contributed by atoms with Crippen LogP contribution in [0.5, 0.6) is 0 Å². The first-order chi connectivity index (χ1) is 8.25. The minimum atomic E-state index is -0.187. The van der Waals surface area contributed by atoms with Gasteiger partial charge in [-0.15, -0.1) is 11.5 Å². The predicted octanol–water partition coefficient (Wildman–Crippen LogP) is -1.11. The molecule has 0 heterocycles. The molecule has 0 amide bonds. The molecule has 0 saturated heterocycles. The molecule has 1 radical (unpaired) electrons. The van der Waals surface area contributed by atoms with E-state index in [1.807, 2.05) is 0 Å². The van der Waals surface area contributed by atoms with E-state index in [1.54, 1.807) is 0 Å². The predicted molar refractivity (Wildman–Crippen MR) is 65.2 cm³/mol. The third-order valence-electron chi connectivity index (χ3n) is 0.813. The molecule has 0 unspecified atom stereocenters. The maximum Gasteiger partial charge on any atom is 2.00 e. The van der Waals surface area contributed by atoms with Crippen molar-refractivity contribution in [2.75, 3.05) is 14.2 Å². The topological polar surface area (TPSA) is 121 Å². The van der Waals surface area contributed by atoms with Crippen molar-refractivity contribution in [1.29, 1.82) is 0 Å². The van der Waals surface area contributed by atoms with Gasteiger partial charge in [0.15, 0.2) is 11.6 Å². The van der Waals surface area contributed by atoms with Crippen molar-refractivity contribution in [2.24, 2.45) is 0 Å². The average Bonchev–Trinajstić information content (AvgIpc) is 2.20. The van der Waals surface area contributed by atoms with Crippen molar-refractivity contribution in [3.05, 3.63) is 23.7 Å². The van der Waals surface area contributed by atoms with Gasteiger partial charge in [0.1, 0.15) is 0 Å². The van der Waals surface area contributed by atoms with Crippen LogP contribution in [0.4, 0.5) is 0 Å². The summed E-state index contributed by atoms with van der Waals surface area (Å²) in [4.78, 5) is 20.0. The minimum Gasteiger partial charge on any atom is -0.876 e. The van der Waals surface area contributed by atoms with Gasteiger partial charge in [-0.3, -0.25) is 9.59 Å². The molecule has 0 aliphatic carbocycles. The maximum absolute atomic E-state index is 9.98. The van der Waals surface area contributed by atoms with Gasteiger partial charge < -0.3 is 20.4 Å². The Morgan fingerprint density at radius 1 is 0.737 bits per heavy atom. The zero-order valence-corrected chi connectivity index (χ0v) is 13.1. The quantitative estimate of drug-likeness (QED) is 0.492. The number of hydrogen-bond acceptors (Lipinski definition) is 6. The number of ketones is 2. The first kappa shape index (κ1) is 30.7. The Balaban J connectivity index is -0.0000000522. The molecule has 0 aromatic heterocycles. The van der Waals surface area contributed by atoms with Crippen LogP contribution in [-0.2, 0) is 26.4 Å². The monoisotopic (exact) mass is 321 g/mol. The Morgan fingerprint density at radius 2 is 0.895 bits per heavy atom. The van der Waals surface area contributed by atoms with Crippen molar-refractivity contribution >= 4 is 11.6 Å². The number of carbonyl (C=O) groups excluding carboxylic acids is 2. The molecule has 115 valence electrons. The summed E-state index contributed by atoms with van der Waals surface area (Å²) in [6.07, 6.45) is 2.11. The van der Waals surface area contributed by atoms with E-state index < -0.39 is 0 Å². The molecular formula is C12H22CoO6. The van der Waals surface area contributed by atoms with Gasteiger partial charge >= 0.3 is 16.8 Å². The summed E-state index contributed by atoms with van der Waals surface area (Å²) in [5, 5.41) is 34.0. The number of allylic oxidation sites excluding steroid dienone is 4. The molecule has 0 atom stereocenters. The van der Waals surface area contributed by atoms with Crippen LogP contribution in [0.15, 0.2) is 23.7 Å². The van der Waals surface area contributed by atoms with E-state index in [9.17, 15) is 19.8 Å². The molecule has 0 aromatic rings. The number of carbonyl (C=O) groups is 2.